The van der Waals surface area contributed by atoms with Crippen LogP contribution in [0.1, 0.15) is 0 Å². The van der Waals surface area contributed by atoms with Crippen molar-refractivity contribution in [1.29, 1.82) is 0 Å². The number of anilines is 1. The van der Waals surface area contributed by atoms with Crippen molar-refractivity contribution in [3.63, 3.8) is 0 Å². The van der Waals surface area contributed by atoms with Gasteiger partial charge in [-0.3, -0.25) is 0 Å². The van der Waals surface area contributed by atoms with E-state index in [9.17, 15) is 0 Å². The van der Waals surface area contributed by atoms with Crippen molar-refractivity contribution in [2.75, 3.05) is 25.5 Å². The highest BCUT2D eigenvalue weighted by Crippen LogP contribution is 2.22. The molecule has 0 atom stereocenters. The number of hydrogen-bond donors (Lipinski definition) is 2. The number of ether oxygens (including phenoxy) is 1. The molecule has 0 spiro atoms. The third kappa shape index (κ3) is 2.95. The Morgan fingerprint density at radius 1 is 1.22 bits per heavy atom. The molecule has 5 nitrogen and oxygen atoms in total. The van der Waals surface area contributed by atoms with Crippen molar-refractivity contribution in [2.45, 2.75) is 0 Å². The summed E-state index contributed by atoms with van der Waals surface area (Å²) in [7, 11) is 1.65. The van der Waals surface area contributed by atoms with Crippen LogP contribution < -0.4 is 15.8 Å². The molecule has 0 aliphatic rings. The summed E-state index contributed by atoms with van der Waals surface area (Å²) in [4.78, 5) is 8.46. The number of nitrogens with zero attached hydrogens (tertiary/aromatic N) is 2. The summed E-state index contributed by atoms with van der Waals surface area (Å²) in [6, 6.07) is 7.79. The number of methoxy groups -OCH3 is 1. The lowest BCUT2D eigenvalue weighted by atomic mass is 10.1. The van der Waals surface area contributed by atoms with Gasteiger partial charge in [-0.05, 0) is 17.7 Å². The van der Waals surface area contributed by atoms with E-state index in [0.717, 1.165) is 16.9 Å². The number of aromatic nitrogens is 2. The Morgan fingerprint density at radius 3 is 2.67 bits per heavy atom. The number of hydrogen-bond acceptors (Lipinski definition) is 5. The summed E-state index contributed by atoms with van der Waals surface area (Å²) in [6.45, 7) is 1.22. The van der Waals surface area contributed by atoms with Crippen molar-refractivity contribution in [1.82, 2.24) is 9.97 Å². The van der Waals surface area contributed by atoms with E-state index < -0.39 is 0 Å². The van der Waals surface area contributed by atoms with Crippen LogP contribution in [0, 0.1) is 0 Å². The molecule has 5 heteroatoms. The number of nitrogens with one attached hydrogen (secondary N) is 1. The van der Waals surface area contributed by atoms with Gasteiger partial charge in [-0.1, -0.05) is 12.1 Å². The second kappa shape index (κ2) is 5.97. The molecule has 0 radical (unpaired) electrons. The lowest BCUT2D eigenvalue weighted by Crippen LogP contribution is -2.14. The molecule has 2 aromatic rings. The van der Waals surface area contributed by atoms with Gasteiger partial charge in [-0.15, -0.1) is 0 Å². The van der Waals surface area contributed by atoms with E-state index in [1.54, 1.807) is 19.5 Å². The normalized spacial score (nSPS) is 10.1. The van der Waals surface area contributed by atoms with Crippen molar-refractivity contribution in [3.8, 4) is 16.9 Å². The molecule has 1 aromatic heterocycles. The van der Waals surface area contributed by atoms with Crippen LogP contribution in [0.15, 0.2) is 36.7 Å². The molecule has 0 aliphatic carbocycles. The van der Waals surface area contributed by atoms with Gasteiger partial charge in [-0.25, -0.2) is 9.97 Å². The van der Waals surface area contributed by atoms with Gasteiger partial charge in [0.05, 0.1) is 7.11 Å². The largest absolute Gasteiger partial charge is 0.497 e. The highest BCUT2D eigenvalue weighted by Gasteiger charge is 2.01. The molecule has 0 aliphatic heterocycles. The number of benzene rings is 1. The molecule has 18 heavy (non-hydrogen) atoms. The van der Waals surface area contributed by atoms with E-state index in [-0.39, 0.29) is 0 Å². The molecule has 0 saturated carbocycles. The summed E-state index contributed by atoms with van der Waals surface area (Å²) in [5.74, 6) is 1.41. The maximum atomic E-state index is 5.40. The predicted molar refractivity (Wildman–Crippen MR) is 71.6 cm³/mol. The zero-order valence-corrected chi connectivity index (χ0v) is 10.3. The van der Waals surface area contributed by atoms with Crippen LogP contribution in [0.5, 0.6) is 5.75 Å². The third-order valence-corrected chi connectivity index (χ3v) is 2.48. The maximum Gasteiger partial charge on any atom is 0.222 e. The highest BCUT2D eigenvalue weighted by atomic mass is 16.5. The average molecular weight is 244 g/mol. The molecular formula is C13H16N4O. The molecule has 94 valence electrons. The Morgan fingerprint density at radius 2 is 2.00 bits per heavy atom. The van der Waals surface area contributed by atoms with E-state index >= 15 is 0 Å². The van der Waals surface area contributed by atoms with Crippen LogP contribution in [-0.2, 0) is 0 Å². The molecule has 0 unspecified atom stereocenters. The summed E-state index contributed by atoms with van der Waals surface area (Å²) in [6.07, 6.45) is 3.56. The average Bonchev–Trinajstić information content (AvgIpc) is 2.46. The maximum absolute atomic E-state index is 5.40. The van der Waals surface area contributed by atoms with E-state index in [1.165, 1.54) is 0 Å². The van der Waals surface area contributed by atoms with Gasteiger partial charge in [0.25, 0.3) is 0 Å². The smallest absolute Gasteiger partial charge is 0.222 e. The van der Waals surface area contributed by atoms with Gasteiger partial charge < -0.3 is 15.8 Å². The minimum Gasteiger partial charge on any atom is -0.497 e. The van der Waals surface area contributed by atoms with Gasteiger partial charge in [0.1, 0.15) is 5.75 Å². The second-order valence-corrected chi connectivity index (χ2v) is 3.74. The molecule has 2 rings (SSSR count). The van der Waals surface area contributed by atoms with E-state index in [0.29, 0.717) is 19.0 Å². The molecule has 1 heterocycles. The van der Waals surface area contributed by atoms with E-state index in [1.807, 2.05) is 24.3 Å². The minimum atomic E-state index is 0.557. The van der Waals surface area contributed by atoms with Gasteiger partial charge in [0, 0.05) is 31.0 Å². The highest BCUT2D eigenvalue weighted by molar-refractivity contribution is 5.63. The zero-order valence-electron chi connectivity index (χ0n) is 10.3. The number of nitrogens with two attached hydrogens (primary N) is 1. The van der Waals surface area contributed by atoms with Crippen LogP contribution in [0.2, 0.25) is 0 Å². The van der Waals surface area contributed by atoms with E-state index in [2.05, 4.69) is 15.3 Å². The molecule has 3 N–H and O–H groups in total. The topological polar surface area (TPSA) is 73.1 Å². The lowest BCUT2D eigenvalue weighted by molar-refractivity contribution is 0.415. The van der Waals surface area contributed by atoms with Crippen molar-refractivity contribution in [3.05, 3.63) is 36.7 Å². The monoisotopic (exact) mass is 244 g/mol. The van der Waals surface area contributed by atoms with Gasteiger partial charge >= 0.3 is 0 Å². The SMILES string of the molecule is COc1cccc(-c2cnc(NCCN)nc2)c1. The molecular weight excluding hydrogens is 228 g/mol. The first kappa shape index (κ1) is 12.3. The molecule has 0 amide bonds. The van der Waals surface area contributed by atoms with Crippen LogP contribution in [-0.4, -0.2) is 30.2 Å². The van der Waals surface area contributed by atoms with Crippen molar-refractivity contribution < 1.29 is 4.74 Å². The van der Waals surface area contributed by atoms with Crippen molar-refractivity contribution >= 4 is 5.95 Å². The summed E-state index contributed by atoms with van der Waals surface area (Å²) in [5.41, 5.74) is 7.38. The van der Waals surface area contributed by atoms with Gasteiger partial charge in [0.2, 0.25) is 5.95 Å². The quantitative estimate of drug-likeness (QED) is 0.834. The van der Waals surface area contributed by atoms with Gasteiger partial charge in [-0.2, -0.15) is 0 Å². The zero-order chi connectivity index (χ0) is 12.8. The Kier molecular flexibility index (Phi) is 4.09. The lowest BCUT2D eigenvalue weighted by Gasteiger charge is -2.06. The minimum absolute atomic E-state index is 0.557. The number of rotatable bonds is 5. The van der Waals surface area contributed by atoms with Crippen LogP contribution in [0.3, 0.4) is 0 Å². The fourth-order valence-electron chi connectivity index (χ4n) is 1.56. The molecule has 0 saturated heterocycles. The Balaban J connectivity index is 2.17. The molecule has 1 aromatic carbocycles. The fourth-order valence-corrected chi connectivity index (χ4v) is 1.56. The van der Waals surface area contributed by atoms with E-state index in [4.69, 9.17) is 10.5 Å². The molecule has 0 fully saturated rings. The summed E-state index contributed by atoms with van der Waals surface area (Å²) >= 11 is 0. The Labute approximate surface area is 106 Å². The Bertz CT molecular complexity index is 499. The molecule has 0 bridgehead atoms. The third-order valence-electron chi connectivity index (χ3n) is 2.48. The standard InChI is InChI=1S/C13H16N4O/c1-18-12-4-2-3-10(7-12)11-8-16-13(17-9-11)15-6-5-14/h2-4,7-9H,5-6,14H2,1H3,(H,15,16,17). The summed E-state index contributed by atoms with van der Waals surface area (Å²) < 4.78 is 5.19. The van der Waals surface area contributed by atoms with Crippen LogP contribution in [0.25, 0.3) is 11.1 Å². The first-order valence-electron chi connectivity index (χ1n) is 5.74. The van der Waals surface area contributed by atoms with Crippen LogP contribution >= 0.6 is 0 Å². The fraction of sp³-hybridized carbons (Fsp3) is 0.231. The summed E-state index contributed by atoms with van der Waals surface area (Å²) in [5, 5.41) is 3.02. The first-order chi connectivity index (χ1) is 8.83. The first-order valence-corrected chi connectivity index (χ1v) is 5.74. The van der Waals surface area contributed by atoms with Crippen LogP contribution in [0.4, 0.5) is 5.95 Å². The predicted octanol–water partition coefficient (Wildman–Crippen LogP) is 1.52. The Hall–Kier alpha value is -2.14. The van der Waals surface area contributed by atoms with Crippen molar-refractivity contribution in [2.24, 2.45) is 5.73 Å². The second-order valence-electron chi connectivity index (χ2n) is 3.74. The van der Waals surface area contributed by atoms with Gasteiger partial charge in [0.15, 0.2) is 0 Å².